The van der Waals surface area contributed by atoms with E-state index in [0.717, 1.165) is 29.7 Å². The van der Waals surface area contributed by atoms with Crippen molar-refractivity contribution in [3.8, 4) is 11.3 Å². The molecule has 1 amide bonds. The van der Waals surface area contributed by atoms with Crippen molar-refractivity contribution in [1.82, 2.24) is 9.78 Å². The van der Waals surface area contributed by atoms with E-state index in [2.05, 4.69) is 10.4 Å². The molecule has 0 unspecified atom stereocenters. The van der Waals surface area contributed by atoms with Crippen LogP contribution >= 0.6 is 0 Å². The van der Waals surface area contributed by atoms with Crippen LogP contribution in [-0.4, -0.2) is 16.2 Å². The monoisotopic (exact) mass is 273 g/mol. The van der Waals surface area contributed by atoms with E-state index < -0.39 is 0 Å². The molecule has 0 radical (unpaired) electrons. The lowest BCUT2D eigenvalue weighted by atomic mass is 9.79. The third-order valence-electron chi connectivity index (χ3n) is 3.91. The first kappa shape index (κ1) is 12.8. The molecule has 20 heavy (non-hydrogen) atoms. The minimum Gasteiger partial charge on any atom is -0.312 e. The lowest BCUT2D eigenvalue weighted by Gasteiger charge is -2.26. The van der Waals surface area contributed by atoms with Gasteiger partial charge in [-0.15, -0.1) is 0 Å². The molecule has 1 fully saturated rings. The van der Waals surface area contributed by atoms with E-state index >= 15 is 0 Å². The number of hydrogen-bond acceptors (Lipinski definition) is 2. The van der Waals surface area contributed by atoms with Crippen molar-refractivity contribution >= 4 is 12.2 Å². The summed E-state index contributed by atoms with van der Waals surface area (Å²) < 4.78 is 14.8. The Kier molecular flexibility index (Phi) is 3.26. The van der Waals surface area contributed by atoms with Gasteiger partial charge in [0, 0.05) is 18.2 Å². The van der Waals surface area contributed by atoms with Gasteiger partial charge < -0.3 is 5.32 Å². The van der Waals surface area contributed by atoms with Gasteiger partial charge in [-0.3, -0.25) is 9.48 Å². The maximum absolute atomic E-state index is 13.1. The van der Waals surface area contributed by atoms with Gasteiger partial charge in [0.15, 0.2) is 5.82 Å². The van der Waals surface area contributed by atoms with Crippen LogP contribution in [0.25, 0.3) is 11.3 Å². The van der Waals surface area contributed by atoms with E-state index in [-0.39, 0.29) is 5.82 Å². The highest BCUT2D eigenvalue weighted by Gasteiger charge is 2.29. The number of anilines is 1. The summed E-state index contributed by atoms with van der Waals surface area (Å²) in [5.41, 5.74) is 2.94. The Balaban J connectivity index is 2.12. The van der Waals surface area contributed by atoms with Crippen LogP contribution in [0.5, 0.6) is 0 Å². The zero-order valence-corrected chi connectivity index (χ0v) is 11.3. The van der Waals surface area contributed by atoms with Gasteiger partial charge >= 0.3 is 0 Å². The second-order valence-corrected chi connectivity index (χ2v) is 5.13. The fourth-order valence-electron chi connectivity index (χ4n) is 2.74. The third kappa shape index (κ3) is 2.09. The number of halogens is 1. The van der Waals surface area contributed by atoms with Crippen LogP contribution in [0.1, 0.15) is 30.7 Å². The summed E-state index contributed by atoms with van der Waals surface area (Å²) in [6.07, 6.45) is 4.06. The third-order valence-corrected chi connectivity index (χ3v) is 3.91. The number of aryl methyl sites for hydroxylation is 1. The molecule has 0 bridgehead atoms. The average Bonchev–Trinajstić information content (AvgIpc) is 2.66. The van der Waals surface area contributed by atoms with E-state index in [4.69, 9.17) is 0 Å². The number of aromatic nitrogens is 2. The quantitative estimate of drug-likeness (QED) is 0.870. The first-order chi connectivity index (χ1) is 9.70. The number of nitrogens with one attached hydrogen (secondary N) is 1. The van der Waals surface area contributed by atoms with Crippen LogP contribution < -0.4 is 5.32 Å². The van der Waals surface area contributed by atoms with Gasteiger partial charge in [0.05, 0.1) is 5.69 Å². The Morgan fingerprint density at radius 2 is 2.05 bits per heavy atom. The Morgan fingerprint density at radius 3 is 2.60 bits per heavy atom. The van der Waals surface area contributed by atoms with Crippen molar-refractivity contribution < 1.29 is 9.18 Å². The number of amides is 1. The number of carbonyl (C=O) groups excluding carboxylic acids is 1. The summed E-state index contributed by atoms with van der Waals surface area (Å²) in [7, 11) is 1.84. The molecule has 0 atom stereocenters. The van der Waals surface area contributed by atoms with Gasteiger partial charge in [0.1, 0.15) is 5.82 Å². The molecule has 0 saturated heterocycles. The van der Waals surface area contributed by atoms with Crippen molar-refractivity contribution in [3.63, 3.8) is 0 Å². The normalized spacial score (nSPS) is 14.9. The first-order valence-corrected chi connectivity index (χ1v) is 6.73. The molecular formula is C15H16FN3O. The van der Waals surface area contributed by atoms with Crippen LogP contribution in [0.4, 0.5) is 10.2 Å². The fraction of sp³-hybridized carbons (Fsp3) is 0.333. The molecule has 1 aliphatic carbocycles. The van der Waals surface area contributed by atoms with Crippen molar-refractivity contribution in [1.29, 1.82) is 0 Å². The molecule has 3 rings (SSSR count). The SMILES string of the molecule is Cn1nc(NC=O)c(C2CCC2)c1-c1ccc(F)cc1. The summed E-state index contributed by atoms with van der Waals surface area (Å²) in [6, 6.07) is 6.39. The summed E-state index contributed by atoms with van der Waals surface area (Å²) in [6.45, 7) is 0. The fourth-order valence-corrected chi connectivity index (χ4v) is 2.74. The molecule has 0 aliphatic heterocycles. The Hall–Kier alpha value is -2.17. The molecule has 1 aromatic heterocycles. The van der Waals surface area contributed by atoms with Crippen LogP contribution in [0, 0.1) is 5.82 Å². The number of benzene rings is 1. The van der Waals surface area contributed by atoms with Crippen LogP contribution in [0.3, 0.4) is 0 Å². The van der Waals surface area contributed by atoms with Crippen LogP contribution in [0.15, 0.2) is 24.3 Å². The zero-order chi connectivity index (χ0) is 14.1. The summed E-state index contributed by atoms with van der Waals surface area (Å²) >= 11 is 0. The molecule has 1 heterocycles. The molecule has 5 heteroatoms. The standard InChI is InChI=1S/C15H16FN3O/c1-19-14(11-5-7-12(16)8-6-11)13(10-3-2-4-10)15(18-19)17-9-20/h5-10H,2-4H2,1H3,(H,17,18,20). The number of carbonyl (C=O) groups is 1. The van der Waals surface area contributed by atoms with Gasteiger partial charge in [-0.2, -0.15) is 5.10 Å². The Labute approximate surface area is 116 Å². The van der Waals surface area contributed by atoms with E-state index in [1.807, 2.05) is 7.05 Å². The molecule has 2 aromatic rings. The van der Waals surface area contributed by atoms with Crippen molar-refractivity contribution in [3.05, 3.63) is 35.6 Å². The molecule has 1 aromatic carbocycles. The topological polar surface area (TPSA) is 46.9 Å². The van der Waals surface area contributed by atoms with E-state index in [1.165, 1.54) is 18.6 Å². The summed E-state index contributed by atoms with van der Waals surface area (Å²) in [5.74, 6) is 0.782. The van der Waals surface area contributed by atoms with Crippen LogP contribution in [0.2, 0.25) is 0 Å². The number of hydrogen-bond donors (Lipinski definition) is 1. The zero-order valence-electron chi connectivity index (χ0n) is 11.3. The molecule has 104 valence electrons. The van der Waals surface area contributed by atoms with Gasteiger partial charge in [-0.05, 0) is 43.0 Å². The first-order valence-electron chi connectivity index (χ1n) is 6.73. The van der Waals surface area contributed by atoms with Gasteiger partial charge in [0.25, 0.3) is 0 Å². The van der Waals surface area contributed by atoms with Gasteiger partial charge in [0.2, 0.25) is 6.41 Å². The molecule has 1 N–H and O–H groups in total. The predicted octanol–water partition coefficient (Wildman–Crippen LogP) is 3.06. The molecule has 1 aliphatic rings. The minimum atomic E-state index is -0.257. The summed E-state index contributed by atoms with van der Waals surface area (Å²) in [5, 5.41) is 7.06. The predicted molar refractivity (Wildman–Crippen MR) is 74.9 cm³/mol. The Morgan fingerprint density at radius 1 is 1.35 bits per heavy atom. The van der Waals surface area contributed by atoms with E-state index in [0.29, 0.717) is 18.1 Å². The van der Waals surface area contributed by atoms with Crippen molar-refractivity contribution in [2.75, 3.05) is 5.32 Å². The second-order valence-electron chi connectivity index (χ2n) is 5.13. The van der Waals surface area contributed by atoms with Crippen LogP contribution in [-0.2, 0) is 11.8 Å². The minimum absolute atomic E-state index is 0.257. The molecular weight excluding hydrogens is 257 g/mol. The average molecular weight is 273 g/mol. The number of nitrogens with zero attached hydrogens (tertiary/aromatic N) is 2. The van der Waals surface area contributed by atoms with Crippen molar-refractivity contribution in [2.45, 2.75) is 25.2 Å². The van der Waals surface area contributed by atoms with E-state index in [1.54, 1.807) is 16.8 Å². The molecule has 1 saturated carbocycles. The van der Waals surface area contributed by atoms with Gasteiger partial charge in [-0.1, -0.05) is 6.42 Å². The smallest absolute Gasteiger partial charge is 0.212 e. The highest BCUT2D eigenvalue weighted by molar-refractivity contribution is 5.78. The molecule has 4 nitrogen and oxygen atoms in total. The number of rotatable bonds is 4. The van der Waals surface area contributed by atoms with Gasteiger partial charge in [-0.25, -0.2) is 4.39 Å². The lowest BCUT2D eigenvalue weighted by Crippen LogP contribution is -2.12. The largest absolute Gasteiger partial charge is 0.312 e. The highest BCUT2D eigenvalue weighted by atomic mass is 19.1. The van der Waals surface area contributed by atoms with E-state index in [9.17, 15) is 9.18 Å². The second kappa shape index (κ2) is 5.07. The van der Waals surface area contributed by atoms with Crippen molar-refractivity contribution in [2.24, 2.45) is 7.05 Å². The summed E-state index contributed by atoms with van der Waals surface area (Å²) in [4.78, 5) is 10.7. The highest BCUT2D eigenvalue weighted by Crippen LogP contribution is 2.44. The molecule has 0 spiro atoms. The Bertz CT molecular complexity index is 629. The lowest BCUT2D eigenvalue weighted by molar-refractivity contribution is -0.105. The maximum Gasteiger partial charge on any atom is 0.212 e. The maximum atomic E-state index is 13.1.